The highest BCUT2D eigenvalue weighted by Gasteiger charge is 2.25. The fraction of sp³-hybridized carbons (Fsp3) is 0.524. The van der Waals surface area contributed by atoms with Crippen LogP contribution in [0.2, 0.25) is 0 Å². The first-order valence-electron chi connectivity index (χ1n) is 9.65. The van der Waals surface area contributed by atoms with Crippen LogP contribution in [0.5, 0.6) is 0 Å². The Labute approximate surface area is 155 Å². The first-order valence-corrected chi connectivity index (χ1v) is 9.65. The largest absolute Gasteiger partial charge is 0.353 e. The number of pyridine rings is 1. The van der Waals surface area contributed by atoms with Gasteiger partial charge in [-0.2, -0.15) is 0 Å². The highest BCUT2D eigenvalue weighted by molar-refractivity contribution is 6.18. The molecule has 1 aromatic heterocycles. The molecule has 0 atom stereocenters. The standard InChI is InChI=1S/C21H27N3O2/c1-15-17(13-21(26)24-16-9-5-3-2-4-6-10-16)20(25)14-19(23-15)18-11-7-8-12-22-18/h7-8,11-12,16H,2-6,9-10,13-14H2,1H3,(H,24,26). The number of allylic oxidation sites excluding steroid dienone is 1. The minimum Gasteiger partial charge on any atom is -0.353 e. The van der Waals surface area contributed by atoms with Crippen LogP contribution in [0.1, 0.15) is 70.4 Å². The van der Waals surface area contributed by atoms with Gasteiger partial charge in [0.1, 0.15) is 0 Å². The van der Waals surface area contributed by atoms with E-state index in [2.05, 4.69) is 15.3 Å². The Hall–Kier alpha value is -2.30. The van der Waals surface area contributed by atoms with E-state index in [0.29, 0.717) is 17.0 Å². The predicted octanol–water partition coefficient (Wildman–Crippen LogP) is 3.74. The average Bonchev–Trinajstić information content (AvgIpc) is 2.61. The highest BCUT2D eigenvalue weighted by Crippen LogP contribution is 2.22. The fourth-order valence-electron chi connectivity index (χ4n) is 3.72. The zero-order valence-electron chi connectivity index (χ0n) is 15.5. The number of rotatable bonds is 4. The predicted molar refractivity (Wildman–Crippen MR) is 102 cm³/mol. The summed E-state index contributed by atoms with van der Waals surface area (Å²) in [5.41, 5.74) is 2.57. The Morgan fingerprint density at radius 1 is 1.15 bits per heavy atom. The van der Waals surface area contributed by atoms with Gasteiger partial charge in [0, 0.05) is 23.5 Å². The number of aliphatic imine (C=N–C) groups is 1. The van der Waals surface area contributed by atoms with Crippen LogP contribution in [0.25, 0.3) is 0 Å². The lowest BCUT2D eigenvalue weighted by molar-refractivity contribution is -0.123. The number of Topliss-reactive ketones (excluding diaryl/α,β-unsaturated/α-hetero) is 1. The molecular formula is C21H27N3O2. The molecule has 138 valence electrons. The minimum absolute atomic E-state index is 0.0223. The van der Waals surface area contributed by atoms with Crippen LogP contribution in [0, 0.1) is 0 Å². The van der Waals surface area contributed by atoms with Crippen LogP contribution in [0.15, 0.2) is 40.7 Å². The molecule has 1 N–H and O–H groups in total. The fourth-order valence-corrected chi connectivity index (χ4v) is 3.72. The van der Waals surface area contributed by atoms with Gasteiger partial charge in [0.05, 0.1) is 24.2 Å². The molecule has 1 amide bonds. The first kappa shape index (κ1) is 18.5. The zero-order chi connectivity index (χ0) is 18.4. The smallest absolute Gasteiger partial charge is 0.224 e. The van der Waals surface area contributed by atoms with Crippen molar-refractivity contribution < 1.29 is 9.59 Å². The van der Waals surface area contributed by atoms with Crippen molar-refractivity contribution in [2.24, 2.45) is 4.99 Å². The van der Waals surface area contributed by atoms with Gasteiger partial charge in [0.25, 0.3) is 0 Å². The molecule has 5 heteroatoms. The normalized spacial score (nSPS) is 19.6. The Bertz CT molecular complexity index is 714. The van der Waals surface area contributed by atoms with Crippen molar-refractivity contribution in [3.63, 3.8) is 0 Å². The van der Waals surface area contributed by atoms with Gasteiger partial charge in [-0.1, -0.05) is 38.2 Å². The van der Waals surface area contributed by atoms with E-state index >= 15 is 0 Å². The Morgan fingerprint density at radius 3 is 2.54 bits per heavy atom. The van der Waals surface area contributed by atoms with Gasteiger partial charge in [-0.25, -0.2) is 0 Å². The molecular weight excluding hydrogens is 326 g/mol. The lowest BCUT2D eigenvalue weighted by Crippen LogP contribution is -2.36. The third kappa shape index (κ3) is 4.87. The Balaban J connectivity index is 1.65. The maximum atomic E-state index is 12.6. The second kappa shape index (κ2) is 8.88. The number of aromatic nitrogens is 1. The van der Waals surface area contributed by atoms with Gasteiger partial charge < -0.3 is 5.32 Å². The van der Waals surface area contributed by atoms with Crippen molar-refractivity contribution in [1.29, 1.82) is 0 Å². The molecule has 0 unspecified atom stereocenters. The number of hydrogen-bond acceptors (Lipinski definition) is 4. The minimum atomic E-state index is -0.0604. The molecule has 26 heavy (non-hydrogen) atoms. The van der Waals surface area contributed by atoms with Gasteiger partial charge in [-0.3, -0.25) is 19.6 Å². The molecule has 3 rings (SSSR count). The van der Waals surface area contributed by atoms with E-state index in [1.165, 1.54) is 32.1 Å². The summed E-state index contributed by atoms with van der Waals surface area (Å²) in [7, 11) is 0. The van der Waals surface area contributed by atoms with E-state index in [4.69, 9.17) is 0 Å². The summed E-state index contributed by atoms with van der Waals surface area (Å²) in [6.45, 7) is 1.80. The van der Waals surface area contributed by atoms with Gasteiger partial charge >= 0.3 is 0 Å². The molecule has 0 aromatic carbocycles. The molecule has 1 aliphatic heterocycles. The zero-order valence-corrected chi connectivity index (χ0v) is 15.5. The number of carbonyl (C=O) groups is 2. The van der Waals surface area contributed by atoms with E-state index in [1.54, 1.807) is 13.1 Å². The SMILES string of the molecule is CC1=C(CC(=O)NC2CCCCCCC2)C(=O)CC(c2ccccn2)=N1. The van der Waals surface area contributed by atoms with Gasteiger partial charge in [-0.05, 0) is 31.9 Å². The lowest BCUT2D eigenvalue weighted by Gasteiger charge is -2.22. The van der Waals surface area contributed by atoms with E-state index < -0.39 is 0 Å². The molecule has 1 aromatic rings. The monoisotopic (exact) mass is 353 g/mol. The maximum Gasteiger partial charge on any atom is 0.224 e. The first-order chi connectivity index (χ1) is 12.6. The van der Waals surface area contributed by atoms with Crippen LogP contribution in [0.3, 0.4) is 0 Å². The molecule has 1 aliphatic carbocycles. The molecule has 5 nitrogen and oxygen atoms in total. The van der Waals surface area contributed by atoms with Crippen molar-refractivity contribution >= 4 is 17.4 Å². The number of nitrogens with one attached hydrogen (secondary N) is 1. The number of amides is 1. The van der Waals surface area contributed by atoms with Crippen LogP contribution < -0.4 is 5.32 Å². The van der Waals surface area contributed by atoms with Crippen LogP contribution in [0.4, 0.5) is 0 Å². The molecule has 0 spiro atoms. The second-order valence-corrected chi connectivity index (χ2v) is 7.22. The summed E-state index contributed by atoms with van der Waals surface area (Å²) < 4.78 is 0. The molecule has 1 saturated carbocycles. The molecule has 0 bridgehead atoms. The maximum absolute atomic E-state index is 12.6. The number of nitrogens with zero attached hydrogens (tertiary/aromatic N) is 2. The van der Waals surface area contributed by atoms with E-state index in [0.717, 1.165) is 18.5 Å². The number of ketones is 1. The Morgan fingerprint density at radius 2 is 1.88 bits per heavy atom. The van der Waals surface area contributed by atoms with Gasteiger partial charge in [0.2, 0.25) is 5.91 Å². The topological polar surface area (TPSA) is 71.4 Å². The molecule has 0 radical (unpaired) electrons. The van der Waals surface area contributed by atoms with Crippen molar-refractivity contribution in [3.8, 4) is 0 Å². The quantitative estimate of drug-likeness (QED) is 0.896. The van der Waals surface area contributed by atoms with Crippen LogP contribution in [-0.4, -0.2) is 28.4 Å². The number of hydrogen-bond donors (Lipinski definition) is 1. The van der Waals surface area contributed by atoms with Gasteiger partial charge in [-0.15, -0.1) is 0 Å². The molecule has 1 fully saturated rings. The van der Waals surface area contributed by atoms with Crippen LogP contribution >= 0.6 is 0 Å². The second-order valence-electron chi connectivity index (χ2n) is 7.22. The summed E-state index contributed by atoms with van der Waals surface area (Å²) in [5.74, 6) is -0.0827. The third-order valence-corrected chi connectivity index (χ3v) is 5.17. The summed E-state index contributed by atoms with van der Waals surface area (Å²) in [5, 5.41) is 3.13. The van der Waals surface area contributed by atoms with E-state index in [9.17, 15) is 9.59 Å². The van der Waals surface area contributed by atoms with Crippen molar-refractivity contribution in [3.05, 3.63) is 41.4 Å². The van der Waals surface area contributed by atoms with Crippen molar-refractivity contribution in [1.82, 2.24) is 10.3 Å². The Kier molecular flexibility index (Phi) is 6.31. The van der Waals surface area contributed by atoms with Crippen molar-refractivity contribution in [2.75, 3.05) is 0 Å². The molecule has 2 aliphatic rings. The molecule has 2 heterocycles. The van der Waals surface area contributed by atoms with E-state index in [-0.39, 0.29) is 30.6 Å². The number of carbonyl (C=O) groups excluding carboxylic acids is 2. The molecule has 0 saturated heterocycles. The third-order valence-electron chi connectivity index (χ3n) is 5.17. The summed E-state index contributed by atoms with van der Waals surface area (Å²) in [6.07, 6.45) is 10.3. The summed E-state index contributed by atoms with van der Waals surface area (Å²) in [4.78, 5) is 33.8. The van der Waals surface area contributed by atoms with Crippen LogP contribution in [-0.2, 0) is 9.59 Å². The summed E-state index contributed by atoms with van der Waals surface area (Å²) in [6, 6.07) is 5.82. The highest BCUT2D eigenvalue weighted by atomic mass is 16.2. The van der Waals surface area contributed by atoms with Gasteiger partial charge in [0.15, 0.2) is 5.78 Å². The van der Waals surface area contributed by atoms with E-state index in [1.807, 2.05) is 18.2 Å². The summed E-state index contributed by atoms with van der Waals surface area (Å²) >= 11 is 0. The average molecular weight is 353 g/mol. The lowest BCUT2D eigenvalue weighted by atomic mass is 9.94. The van der Waals surface area contributed by atoms with Crippen molar-refractivity contribution in [2.45, 2.75) is 70.8 Å².